The van der Waals surface area contributed by atoms with E-state index in [-0.39, 0.29) is 18.3 Å². The molecule has 138 valence electrons. The van der Waals surface area contributed by atoms with Gasteiger partial charge in [-0.05, 0) is 30.1 Å². The molecular formula is C21H22N4O2. The molecule has 1 amide bonds. The summed E-state index contributed by atoms with van der Waals surface area (Å²) < 4.78 is 5.43. The molecule has 0 aliphatic carbocycles. The van der Waals surface area contributed by atoms with E-state index < -0.39 is 0 Å². The average molecular weight is 362 g/mol. The van der Waals surface area contributed by atoms with Crippen LogP contribution in [0.3, 0.4) is 0 Å². The summed E-state index contributed by atoms with van der Waals surface area (Å²) in [6.45, 7) is 3.13. The molecular weight excluding hydrogens is 340 g/mol. The van der Waals surface area contributed by atoms with Crippen molar-refractivity contribution in [2.45, 2.75) is 25.9 Å². The minimum atomic E-state index is -0.374. The Balaban J connectivity index is 1.73. The quantitative estimate of drug-likeness (QED) is 0.767. The molecule has 0 spiro atoms. The predicted octanol–water partition coefficient (Wildman–Crippen LogP) is 3.35. The van der Waals surface area contributed by atoms with Gasteiger partial charge in [-0.1, -0.05) is 30.3 Å². The van der Waals surface area contributed by atoms with E-state index in [1.54, 1.807) is 11.0 Å². The molecule has 2 heterocycles. The van der Waals surface area contributed by atoms with Crippen LogP contribution in [0, 0.1) is 22.7 Å². The molecule has 0 atom stereocenters. The molecule has 0 unspecified atom stereocenters. The van der Waals surface area contributed by atoms with Crippen molar-refractivity contribution in [3.05, 3.63) is 58.8 Å². The lowest BCUT2D eigenvalue weighted by molar-refractivity contribution is 0.0966. The van der Waals surface area contributed by atoms with Gasteiger partial charge < -0.3 is 14.5 Å². The molecule has 0 N–H and O–H groups in total. The van der Waals surface area contributed by atoms with Gasteiger partial charge in [-0.3, -0.25) is 0 Å². The molecule has 1 aromatic rings. The summed E-state index contributed by atoms with van der Waals surface area (Å²) in [5.41, 5.74) is 2.99. The van der Waals surface area contributed by atoms with Crippen molar-refractivity contribution in [3.8, 4) is 12.1 Å². The van der Waals surface area contributed by atoms with Crippen LogP contribution in [0.2, 0.25) is 0 Å². The van der Waals surface area contributed by atoms with Crippen molar-refractivity contribution in [2.75, 3.05) is 26.2 Å². The van der Waals surface area contributed by atoms with Crippen molar-refractivity contribution in [1.82, 2.24) is 9.80 Å². The number of likely N-dealkylation sites (tertiary alicyclic amines) is 1. The molecule has 0 saturated carbocycles. The first kappa shape index (κ1) is 18.5. The van der Waals surface area contributed by atoms with Crippen LogP contribution in [0.15, 0.2) is 53.3 Å². The van der Waals surface area contributed by atoms with E-state index in [2.05, 4.69) is 4.90 Å². The van der Waals surface area contributed by atoms with E-state index in [1.807, 2.05) is 42.5 Å². The molecule has 6 nitrogen and oxygen atoms in total. The van der Waals surface area contributed by atoms with Gasteiger partial charge in [0.2, 0.25) is 0 Å². The Kier molecular flexibility index (Phi) is 6.12. The molecule has 27 heavy (non-hydrogen) atoms. The maximum atomic E-state index is 12.5. The highest BCUT2D eigenvalue weighted by Crippen LogP contribution is 2.27. The van der Waals surface area contributed by atoms with Gasteiger partial charge >= 0.3 is 6.09 Å². The summed E-state index contributed by atoms with van der Waals surface area (Å²) in [4.78, 5) is 16.4. The van der Waals surface area contributed by atoms with Crippen molar-refractivity contribution < 1.29 is 9.53 Å². The van der Waals surface area contributed by atoms with Gasteiger partial charge in [0, 0.05) is 31.8 Å². The largest absolute Gasteiger partial charge is 0.445 e. The van der Waals surface area contributed by atoms with Crippen molar-refractivity contribution in [3.63, 3.8) is 0 Å². The first-order valence-corrected chi connectivity index (χ1v) is 9.15. The lowest BCUT2D eigenvalue weighted by Crippen LogP contribution is -2.39. The van der Waals surface area contributed by atoms with Crippen LogP contribution in [0.4, 0.5) is 4.79 Å². The maximum absolute atomic E-state index is 12.5. The number of ether oxygens (including phenoxy) is 1. The van der Waals surface area contributed by atoms with E-state index >= 15 is 0 Å². The number of amides is 1. The monoisotopic (exact) mass is 362 g/mol. The Bertz CT molecular complexity index is 808. The molecule has 3 rings (SSSR count). The highest BCUT2D eigenvalue weighted by atomic mass is 16.6. The Hall–Kier alpha value is -3.25. The molecule has 0 bridgehead atoms. The predicted molar refractivity (Wildman–Crippen MR) is 100.0 cm³/mol. The van der Waals surface area contributed by atoms with Gasteiger partial charge in [0.25, 0.3) is 0 Å². The van der Waals surface area contributed by atoms with Gasteiger partial charge in [-0.25, -0.2) is 4.79 Å². The van der Waals surface area contributed by atoms with Crippen LogP contribution in [-0.2, 0) is 11.3 Å². The number of benzene rings is 1. The lowest BCUT2D eigenvalue weighted by atomic mass is 10.0. The maximum Gasteiger partial charge on any atom is 0.410 e. The summed E-state index contributed by atoms with van der Waals surface area (Å²) in [5, 5.41) is 18.2. The van der Waals surface area contributed by atoms with E-state index in [0.717, 1.165) is 42.8 Å². The fourth-order valence-corrected chi connectivity index (χ4v) is 3.48. The zero-order valence-corrected chi connectivity index (χ0v) is 15.2. The summed E-state index contributed by atoms with van der Waals surface area (Å²) in [6, 6.07) is 13.4. The zero-order valence-electron chi connectivity index (χ0n) is 15.2. The highest BCUT2D eigenvalue weighted by Gasteiger charge is 2.27. The van der Waals surface area contributed by atoms with Crippen LogP contribution in [0.1, 0.15) is 24.8 Å². The molecule has 6 heteroatoms. The SMILES string of the molecule is N#CC(C#N)=CC1=C(N2CCCC2)CCN(C(=O)OCc2ccccc2)C1. The molecule has 0 radical (unpaired) electrons. The Morgan fingerprint density at radius 2 is 1.81 bits per heavy atom. The molecule has 1 aromatic carbocycles. The standard InChI is InChI=1S/C21H22N4O2/c22-13-18(14-23)12-19-15-25(11-8-20(19)24-9-4-5-10-24)21(26)27-16-17-6-2-1-3-7-17/h1-3,6-7,12H,4-5,8-11,15-16H2. The fourth-order valence-electron chi connectivity index (χ4n) is 3.48. The number of carbonyl (C=O) groups is 1. The summed E-state index contributed by atoms with van der Waals surface area (Å²) in [7, 11) is 0. The Morgan fingerprint density at radius 3 is 2.48 bits per heavy atom. The Labute approximate surface area is 159 Å². The van der Waals surface area contributed by atoms with Gasteiger partial charge in [-0.15, -0.1) is 0 Å². The average Bonchev–Trinajstić information content (AvgIpc) is 3.25. The van der Waals surface area contributed by atoms with E-state index in [9.17, 15) is 4.79 Å². The van der Waals surface area contributed by atoms with Crippen LogP contribution in [0.5, 0.6) is 0 Å². The van der Waals surface area contributed by atoms with E-state index in [4.69, 9.17) is 15.3 Å². The second-order valence-corrected chi connectivity index (χ2v) is 6.66. The second kappa shape index (κ2) is 8.91. The second-order valence-electron chi connectivity index (χ2n) is 6.66. The number of rotatable bonds is 4. The van der Waals surface area contributed by atoms with Gasteiger partial charge in [0.1, 0.15) is 24.3 Å². The zero-order chi connectivity index (χ0) is 19.1. The van der Waals surface area contributed by atoms with Crippen LogP contribution in [0.25, 0.3) is 0 Å². The third-order valence-corrected chi connectivity index (χ3v) is 4.86. The topological polar surface area (TPSA) is 80.4 Å². The number of nitriles is 2. The minimum Gasteiger partial charge on any atom is -0.445 e. The van der Waals surface area contributed by atoms with E-state index in [1.165, 1.54) is 0 Å². The van der Waals surface area contributed by atoms with Crippen molar-refractivity contribution >= 4 is 6.09 Å². The third kappa shape index (κ3) is 4.68. The van der Waals surface area contributed by atoms with Gasteiger partial charge in [0.15, 0.2) is 0 Å². The molecule has 1 saturated heterocycles. The summed E-state index contributed by atoms with van der Waals surface area (Å²) in [6.07, 6.45) is 4.24. The lowest BCUT2D eigenvalue weighted by Gasteiger charge is -2.33. The van der Waals surface area contributed by atoms with Gasteiger partial charge in [-0.2, -0.15) is 10.5 Å². The fraction of sp³-hybridized carbons (Fsp3) is 0.381. The number of carbonyl (C=O) groups excluding carboxylic acids is 1. The molecule has 2 aliphatic rings. The Morgan fingerprint density at radius 1 is 1.11 bits per heavy atom. The summed E-state index contributed by atoms with van der Waals surface area (Å²) >= 11 is 0. The number of allylic oxidation sites excluding steroid dienone is 1. The van der Waals surface area contributed by atoms with Crippen molar-refractivity contribution in [2.24, 2.45) is 0 Å². The first-order valence-electron chi connectivity index (χ1n) is 9.15. The normalized spacial score (nSPS) is 16.5. The third-order valence-electron chi connectivity index (χ3n) is 4.86. The van der Waals surface area contributed by atoms with Crippen LogP contribution >= 0.6 is 0 Å². The molecule has 0 aromatic heterocycles. The number of nitrogens with zero attached hydrogens (tertiary/aromatic N) is 4. The van der Waals surface area contributed by atoms with Crippen LogP contribution < -0.4 is 0 Å². The first-order chi connectivity index (χ1) is 13.2. The smallest absolute Gasteiger partial charge is 0.410 e. The molecule has 1 fully saturated rings. The highest BCUT2D eigenvalue weighted by molar-refractivity contribution is 5.69. The minimum absolute atomic E-state index is 0.0567. The number of hydrogen-bond donors (Lipinski definition) is 0. The van der Waals surface area contributed by atoms with Crippen molar-refractivity contribution in [1.29, 1.82) is 10.5 Å². The molecule has 2 aliphatic heterocycles. The number of hydrogen-bond acceptors (Lipinski definition) is 5. The summed E-state index contributed by atoms with van der Waals surface area (Å²) in [5.74, 6) is 0. The van der Waals surface area contributed by atoms with E-state index in [0.29, 0.717) is 19.5 Å². The van der Waals surface area contributed by atoms with Crippen LogP contribution in [-0.4, -0.2) is 42.1 Å². The van der Waals surface area contributed by atoms with Gasteiger partial charge in [0.05, 0.1) is 6.54 Å².